The van der Waals surface area contributed by atoms with Gasteiger partial charge in [0.2, 0.25) is 0 Å². The molecule has 21 heavy (non-hydrogen) atoms. The Morgan fingerprint density at radius 1 is 1.05 bits per heavy atom. The minimum atomic E-state index is 0.109. The number of ether oxygens (including phenoxy) is 1. The second-order valence-corrected chi connectivity index (χ2v) is 5.25. The number of anilines is 1. The summed E-state index contributed by atoms with van der Waals surface area (Å²) in [4.78, 5) is 2.22. The Kier molecular flexibility index (Phi) is 5.64. The molecule has 0 saturated heterocycles. The molecular formula is C18H24N2O. The molecule has 0 radical (unpaired) electrons. The summed E-state index contributed by atoms with van der Waals surface area (Å²) in [5, 5.41) is 0. The molecule has 3 heteroatoms. The number of nitrogens with two attached hydrogens (primary N) is 1. The Bertz CT molecular complexity index is 542. The first-order chi connectivity index (χ1) is 10.2. The highest BCUT2D eigenvalue weighted by Gasteiger charge is 2.09. The topological polar surface area (TPSA) is 38.5 Å². The average Bonchev–Trinajstić information content (AvgIpc) is 2.55. The van der Waals surface area contributed by atoms with Crippen LogP contribution in [0.15, 0.2) is 54.6 Å². The first-order valence-electron chi connectivity index (χ1n) is 7.37. The van der Waals surface area contributed by atoms with Crippen molar-refractivity contribution in [3.63, 3.8) is 0 Å². The number of hydrogen-bond acceptors (Lipinski definition) is 3. The van der Waals surface area contributed by atoms with E-state index in [9.17, 15) is 0 Å². The third-order valence-corrected chi connectivity index (χ3v) is 3.73. The molecule has 0 fully saturated rings. The van der Waals surface area contributed by atoms with E-state index in [-0.39, 0.29) is 6.04 Å². The fourth-order valence-corrected chi connectivity index (χ4v) is 2.48. The summed E-state index contributed by atoms with van der Waals surface area (Å²) < 4.78 is 5.40. The van der Waals surface area contributed by atoms with Crippen LogP contribution in [0.4, 0.5) is 5.69 Å². The van der Waals surface area contributed by atoms with Crippen molar-refractivity contribution in [3.8, 4) is 5.75 Å². The quantitative estimate of drug-likeness (QED) is 0.844. The van der Waals surface area contributed by atoms with Crippen LogP contribution in [0.2, 0.25) is 0 Å². The lowest BCUT2D eigenvalue weighted by Gasteiger charge is -2.22. The van der Waals surface area contributed by atoms with E-state index in [0.29, 0.717) is 0 Å². The average molecular weight is 284 g/mol. The van der Waals surface area contributed by atoms with Crippen molar-refractivity contribution in [2.45, 2.75) is 18.9 Å². The van der Waals surface area contributed by atoms with Gasteiger partial charge in [-0.1, -0.05) is 42.5 Å². The van der Waals surface area contributed by atoms with E-state index >= 15 is 0 Å². The third kappa shape index (κ3) is 4.23. The molecule has 1 unspecified atom stereocenters. The molecule has 2 N–H and O–H groups in total. The Morgan fingerprint density at radius 2 is 1.71 bits per heavy atom. The fraction of sp³-hybridized carbons (Fsp3) is 0.333. The first kappa shape index (κ1) is 15.4. The van der Waals surface area contributed by atoms with Crippen molar-refractivity contribution in [3.05, 3.63) is 60.2 Å². The summed E-state index contributed by atoms with van der Waals surface area (Å²) in [7, 11) is 3.80. The van der Waals surface area contributed by atoms with E-state index in [1.54, 1.807) is 7.11 Å². The maximum atomic E-state index is 6.23. The minimum absolute atomic E-state index is 0.109. The van der Waals surface area contributed by atoms with Crippen LogP contribution in [0.25, 0.3) is 0 Å². The molecule has 0 aromatic heterocycles. The zero-order chi connectivity index (χ0) is 15.1. The molecule has 0 heterocycles. The van der Waals surface area contributed by atoms with Gasteiger partial charge >= 0.3 is 0 Å². The highest BCUT2D eigenvalue weighted by atomic mass is 16.5. The molecule has 112 valence electrons. The van der Waals surface area contributed by atoms with E-state index in [1.807, 2.05) is 36.4 Å². The molecule has 3 nitrogen and oxygen atoms in total. The van der Waals surface area contributed by atoms with Crippen molar-refractivity contribution in [2.24, 2.45) is 5.73 Å². The van der Waals surface area contributed by atoms with E-state index in [1.165, 1.54) is 5.56 Å². The largest absolute Gasteiger partial charge is 0.495 e. The molecule has 2 aromatic rings. The van der Waals surface area contributed by atoms with Crippen molar-refractivity contribution < 1.29 is 4.74 Å². The summed E-state index contributed by atoms with van der Waals surface area (Å²) in [6.07, 6.45) is 2.02. The van der Waals surface area contributed by atoms with E-state index < -0.39 is 0 Å². The summed E-state index contributed by atoms with van der Waals surface area (Å²) in [6.45, 7) is 0.959. The standard InChI is InChI=1S/C18H24N2O/c1-20(17-12-6-7-13-18(17)21-2)14-8-11-16(19)15-9-4-3-5-10-15/h3-7,9-10,12-13,16H,8,11,14,19H2,1-2H3. The van der Waals surface area contributed by atoms with E-state index in [0.717, 1.165) is 30.8 Å². The molecule has 0 aliphatic carbocycles. The van der Waals surface area contributed by atoms with Gasteiger partial charge in [-0.3, -0.25) is 0 Å². The SMILES string of the molecule is COc1ccccc1N(C)CCCC(N)c1ccccc1. The van der Waals surface area contributed by atoms with Gasteiger partial charge in [0.15, 0.2) is 0 Å². The Labute approximate surface area is 127 Å². The second-order valence-electron chi connectivity index (χ2n) is 5.25. The second kappa shape index (κ2) is 7.70. The van der Waals surface area contributed by atoms with Gasteiger partial charge in [0.1, 0.15) is 5.75 Å². The predicted molar refractivity (Wildman–Crippen MR) is 88.9 cm³/mol. The molecule has 0 bridgehead atoms. The summed E-state index contributed by atoms with van der Waals surface area (Å²) in [6, 6.07) is 18.5. The summed E-state index contributed by atoms with van der Waals surface area (Å²) >= 11 is 0. The summed E-state index contributed by atoms with van der Waals surface area (Å²) in [5.41, 5.74) is 8.56. The van der Waals surface area contributed by atoms with Gasteiger partial charge in [0.25, 0.3) is 0 Å². The van der Waals surface area contributed by atoms with Crippen LogP contribution in [-0.2, 0) is 0 Å². The zero-order valence-corrected chi connectivity index (χ0v) is 12.8. The number of para-hydroxylation sites is 2. The van der Waals surface area contributed by atoms with Crippen LogP contribution in [0.1, 0.15) is 24.4 Å². The monoisotopic (exact) mass is 284 g/mol. The van der Waals surface area contributed by atoms with Crippen LogP contribution in [0.5, 0.6) is 5.75 Å². The maximum Gasteiger partial charge on any atom is 0.142 e. The lowest BCUT2D eigenvalue weighted by atomic mass is 10.0. The highest BCUT2D eigenvalue weighted by molar-refractivity contribution is 5.57. The van der Waals surface area contributed by atoms with Crippen LogP contribution in [0, 0.1) is 0 Å². The van der Waals surface area contributed by atoms with Gasteiger partial charge in [-0.15, -0.1) is 0 Å². The highest BCUT2D eigenvalue weighted by Crippen LogP contribution is 2.27. The molecule has 0 aliphatic heterocycles. The van der Waals surface area contributed by atoms with Crippen LogP contribution < -0.4 is 15.4 Å². The Morgan fingerprint density at radius 3 is 2.43 bits per heavy atom. The predicted octanol–water partition coefficient (Wildman–Crippen LogP) is 3.61. The molecule has 0 saturated carbocycles. The molecular weight excluding hydrogens is 260 g/mol. The number of rotatable bonds is 7. The van der Waals surface area contributed by atoms with E-state index in [2.05, 4.69) is 30.1 Å². The molecule has 2 aromatic carbocycles. The summed E-state index contributed by atoms with van der Waals surface area (Å²) in [5.74, 6) is 0.910. The number of nitrogens with zero attached hydrogens (tertiary/aromatic N) is 1. The molecule has 2 rings (SSSR count). The van der Waals surface area contributed by atoms with Crippen molar-refractivity contribution in [2.75, 3.05) is 25.6 Å². The fourth-order valence-electron chi connectivity index (χ4n) is 2.48. The number of hydrogen-bond donors (Lipinski definition) is 1. The third-order valence-electron chi connectivity index (χ3n) is 3.73. The van der Waals surface area contributed by atoms with Gasteiger partial charge in [-0.2, -0.15) is 0 Å². The minimum Gasteiger partial charge on any atom is -0.495 e. The molecule has 0 aliphatic rings. The molecule has 1 atom stereocenters. The van der Waals surface area contributed by atoms with Gasteiger partial charge in [-0.25, -0.2) is 0 Å². The van der Waals surface area contributed by atoms with Crippen LogP contribution in [-0.4, -0.2) is 20.7 Å². The van der Waals surface area contributed by atoms with Gasteiger partial charge in [0.05, 0.1) is 12.8 Å². The maximum absolute atomic E-state index is 6.23. The zero-order valence-electron chi connectivity index (χ0n) is 12.8. The van der Waals surface area contributed by atoms with Crippen LogP contribution in [0.3, 0.4) is 0 Å². The number of benzene rings is 2. The van der Waals surface area contributed by atoms with Crippen molar-refractivity contribution in [1.82, 2.24) is 0 Å². The van der Waals surface area contributed by atoms with Gasteiger partial charge < -0.3 is 15.4 Å². The lowest BCUT2D eigenvalue weighted by molar-refractivity contribution is 0.414. The van der Waals surface area contributed by atoms with Crippen molar-refractivity contribution >= 4 is 5.69 Å². The molecule has 0 spiro atoms. The lowest BCUT2D eigenvalue weighted by Crippen LogP contribution is -2.21. The molecule has 0 amide bonds. The smallest absolute Gasteiger partial charge is 0.142 e. The number of methoxy groups -OCH3 is 1. The van der Waals surface area contributed by atoms with E-state index in [4.69, 9.17) is 10.5 Å². The Balaban J connectivity index is 1.86. The first-order valence-corrected chi connectivity index (χ1v) is 7.37. The van der Waals surface area contributed by atoms with Gasteiger partial charge in [0, 0.05) is 19.6 Å². The normalized spacial score (nSPS) is 12.0. The van der Waals surface area contributed by atoms with Gasteiger partial charge in [-0.05, 0) is 30.5 Å². The van der Waals surface area contributed by atoms with Crippen LogP contribution >= 0.6 is 0 Å². The Hall–Kier alpha value is -2.00. The van der Waals surface area contributed by atoms with Crippen molar-refractivity contribution in [1.29, 1.82) is 0 Å².